The lowest BCUT2D eigenvalue weighted by atomic mass is 9.84. The van der Waals surface area contributed by atoms with E-state index in [0.717, 1.165) is 42.6 Å². The molecule has 1 heterocycles. The topological polar surface area (TPSA) is 50.8 Å². The average molecular weight is 395 g/mol. The van der Waals surface area contributed by atoms with Crippen LogP contribution in [0, 0.1) is 0 Å². The first-order valence-electron chi connectivity index (χ1n) is 8.78. The second kappa shape index (κ2) is 7.84. The van der Waals surface area contributed by atoms with Gasteiger partial charge in [-0.25, -0.2) is 0 Å². The second-order valence-electron chi connectivity index (χ2n) is 6.38. The Morgan fingerprint density at radius 2 is 2.08 bits per heavy atom. The molecular formula is C19H23ClN2O3S. The van der Waals surface area contributed by atoms with Crippen LogP contribution in [-0.2, 0) is 4.79 Å². The average Bonchev–Trinajstić information content (AvgIpc) is 2.63. The van der Waals surface area contributed by atoms with Gasteiger partial charge in [-0.15, -0.1) is 0 Å². The number of ether oxygens (including phenoxy) is 2. The molecule has 1 N–H and O–H groups in total. The molecule has 0 spiro atoms. The highest BCUT2D eigenvalue weighted by Gasteiger charge is 2.38. The van der Waals surface area contributed by atoms with Gasteiger partial charge in [-0.3, -0.25) is 4.79 Å². The molecule has 1 atom stereocenters. The summed E-state index contributed by atoms with van der Waals surface area (Å²) >= 11 is 12.2. The van der Waals surface area contributed by atoms with Crippen molar-refractivity contribution in [2.75, 3.05) is 20.8 Å². The number of hydrogen-bond donors (Lipinski definition) is 1. The molecule has 0 fully saturated rings. The predicted molar refractivity (Wildman–Crippen MR) is 106 cm³/mol. The number of hydrogen-bond acceptors (Lipinski definition) is 4. The van der Waals surface area contributed by atoms with Crippen molar-refractivity contribution in [2.45, 2.75) is 38.6 Å². The molecule has 1 aromatic carbocycles. The van der Waals surface area contributed by atoms with E-state index >= 15 is 0 Å². The van der Waals surface area contributed by atoms with Crippen LogP contribution in [0.2, 0.25) is 5.02 Å². The maximum absolute atomic E-state index is 12.8. The number of ketones is 1. The molecule has 0 radical (unpaired) electrons. The van der Waals surface area contributed by atoms with Gasteiger partial charge in [0.25, 0.3) is 0 Å². The SMILES string of the molecule is CCCN1C(=S)NC(c2ccc(OC)c(OC)c2Cl)C2=C1CCCC2=O. The van der Waals surface area contributed by atoms with Crippen molar-refractivity contribution >= 4 is 34.7 Å². The fraction of sp³-hybridized carbons (Fsp3) is 0.474. The molecule has 2 aliphatic rings. The van der Waals surface area contributed by atoms with E-state index in [2.05, 4.69) is 17.1 Å². The zero-order valence-electron chi connectivity index (χ0n) is 15.2. The van der Waals surface area contributed by atoms with Gasteiger partial charge in [0.05, 0.1) is 25.3 Å². The van der Waals surface area contributed by atoms with Crippen molar-refractivity contribution in [3.05, 3.63) is 34.0 Å². The summed E-state index contributed by atoms with van der Waals surface area (Å²) in [5, 5.41) is 4.39. The van der Waals surface area contributed by atoms with E-state index < -0.39 is 0 Å². The Morgan fingerprint density at radius 3 is 2.73 bits per heavy atom. The van der Waals surface area contributed by atoms with Gasteiger partial charge in [-0.2, -0.15) is 0 Å². The molecule has 5 nitrogen and oxygen atoms in total. The van der Waals surface area contributed by atoms with Crippen molar-refractivity contribution in [3.8, 4) is 11.5 Å². The first-order chi connectivity index (χ1) is 12.5. The van der Waals surface area contributed by atoms with Crippen LogP contribution in [0.15, 0.2) is 23.4 Å². The quantitative estimate of drug-likeness (QED) is 0.761. The molecule has 0 amide bonds. The van der Waals surface area contributed by atoms with Gasteiger partial charge in [0, 0.05) is 29.8 Å². The van der Waals surface area contributed by atoms with Gasteiger partial charge in [0.15, 0.2) is 22.4 Å². The Balaban J connectivity index is 2.14. The smallest absolute Gasteiger partial charge is 0.179 e. The lowest BCUT2D eigenvalue weighted by Crippen LogP contribution is -2.49. The third-order valence-corrected chi connectivity index (χ3v) is 5.56. The van der Waals surface area contributed by atoms with Crippen LogP contribution in [0.25, 0.3) is 0 Å². The van der Waals surface area contributed by atoms with E-state index in [1.807, 2.05) is 6.07 Å². The number of allylic oxidation sites excluding steroid dienone is 1. The van der Waals surface area contributed by atoms with Gasteiger partial charge in [-0.05, 0) is 37.5 Å². The number of halogens is 1. The van der Waals surface area contributed by atoms with E-state index in [9.17, 15) is 4.79 Å². The minimum atomic E-state index is -0.370. The number of carbonyl (C=O) groups excluding carboxylic acids is 1. The molecule has 0 saturated heterocycles. The molecule has 7 heteroatoms. The van der Waals surface area contributed by atoms with E-state index in [-0.39, 0.29) is 11.8 Å². The minimum absolute atomic E-state index is 0.151. The van der Waals surface area contributed by atoms with Gasteiger partial charge < -0.3 is 19.7 Å². The number of nitrogens with zero attached hydrogens (tertiary/aromatic N) is 1. The number of thiocarbonyl (C=S) groups is 1. The molecular weight excluding hydrogens is 372 g/mol. The van der Waals surface area contributed by atoms with Gasteiger partial charge >= 0.3 is 0 Å². The van der Waals surface area contributed by atoms with Crippen LogP contribution >= 0.6 is 23.8 Å². The van der Waals surface area contributed by atoms with Crippen molar-refractivity contribution in [1.82, 2.24) is 10.2 Å². The summed E-state index contributed by atoms with van der Waals surface area (Å²) in [5.41, 5.74) is 2.57. The molecule has 26 heavy (non-hydrogen) atoms. The summed E-state index contributed by atoms with van der Waals surface area (Å²) in [7, 11) is 3.11. The van der Waals surface area contributed by atoms with Crippen LogP contribution in [0.5, 0.6) is 11.5 Å². The molecule has 0 bridgehead atoms. The molecule has 3 rings (SSSR count). The zero-order valence-corrected chi connectivity index (χ0v) is 16.8. The number of rotatable bonds is 5. The highest BCUT2D eigenvalue weighted by atomic mass is 35.5. The van der Waals surface area contributed by atoms with Gasteiger partial charge in [0.2, 0.25) is 0 Å². The number of Topliss-reactive ketones (excluding diaryl/α,β-unsaturated/α-hetero) is 1. The largest absolute Gasteiger partial charge is 0.493 e. The third kappa shape index (κ3) is 3.16. The normalized spacial score (nSPS) is 20.0. The highest BCUT2D eigenvalue weighted by Crippen LogP contribution is 2.44. The van der Waals surface area contributed by atoms with Crippen molar-refractivity contribution in [2.24, 2.45) is 0 Å². The minimum Gasteiger partial charge on any atom is -0.493 e. The summed E-state index contributed by atoms with van der Waals surface area (Å²) in [6, 6.07) is 3.30. The van der Waals surface area contributed by atoms with E-state index in [1.54, 1.807) is 20.3 Å². The Labute approximate surface area is 164 Å². The number of nitrogens with one attached hydrogen (secondary N) is 1. The lowest BCUT2D eigenvalue weighted by molar-refractivity contribution is -0.116. The van der Waals surface area contributed by atoms with Crippen LogP contribution in [0.1, 0.15) is 44.2 Å². The molecule has 1 aliphatic carbocycles. The Kier molecular flexibility index (Phi) is 5.73. The molecule has 140 valence electrons. The summed E-state index contributed by atoms with van der Waals surface area (Å²) in [4.78, 5) is 14.9. The van der Waals surface area contributed by atoms with Crippen molar-refractivity contribution < 1.29 is 14.3 Å². The number of benzene rings is 1. The lowest BCUT2D eigenvalue weighted by Gasteiger charge is -2.41. The molecule has 1 aliphatic heterocycles. The van der Waals surface area contributed by atoms with Gasteiger partial charge in [-0.1, -0.05) is 24.6 Å². The standard InChI is InChI=1S/C19H23ClN2O3S/c1-4-10-22-12-6-5-7-13(23)15(12)17(21-19(22)26)11-8-9-14(24-2)18(25-3)16(11)20/h8-9,17H,4-7,10H2,1-3H3,(H,21,26). The van der Waals surface area contributed by atoms with Crippen LogP contribution in [0.4, 0.5) is 0 Å². The monoisotopic (exact) mass is 394 g/mol. The number of carbonyl (C=O) groups is 1. The summed E-state index contributed by atoms with van der Waals surface area (Å²) < 4.78 is 10.7. The van der Waals surface area contributed by atoms with Crippen LogP contribution in [0.3, 0.4) is 0 Å². The number of methoxy groups -OCH3 is 2. The molecule has 0 aromatic heterocycles. The first kappa shape index (κ1) is 19.0. The summed E-state index contributed by atoms with van der Waals surface area (Å²) in [5.74, 6) is 1.16. The molecule has 1 aromatic rings. The van der Waals surface area contributed by atoms with Gasteiger partial charge in [0.1, 0.15) is 0 Å². The molecule has 0 saturated carbocycles. The van der Waals surface area contributed by atoms with E-state index in [1.165, 1.54) is 0 Å². The van der Waals surface area contributed by atoms with Crippen molar-refractivity contribution in [1.29, 1.82) is 0 Å². The Bertz CT molecular complexity index is 778. The highest BCUT2D eigenvalue weighted by molar-refractivity contribution is 7.80. The van der Waals surface area contributed by atoms with E-state index in [4.69, 9.17) is 33.3 Å². The fourth-order valence-corrected chi connectivity index (χ4v) is 4.33. The summed E-state index contributed by atoms with van der Waals surface area (Å²) in [6.07, 6.45) is 3.21. The third-order valence-electron chi connectivity index (χ3n) is 4.83. The van der Waals surface area contributed by atoms with Crippen LogP contribution in [-0.4, -0.2) is 36.6 Å². The fourth-order valence-electron chi connectivity index (χ4n) is 3.67. The molecule has 1 unspecified atom stereocenters. The predicted octanol–water partition coefficient (Wildman–Crippen LogP) is 4.01. The van der Waals surface area contributed by atoms with Crippen LogP contribution < -0.4 is 14.8 Å². The van der Waals surface area contributed by atoms with Crippen molar-refractivity contribution in [3.63, 3.8) is 0 Å². The maximum atomic E-state index is 12.8. The second-order valence-corrected chi connectivity index (χ2v) is 7.14. The first-order valence-corrected chi connectivity index (χ1v) is 9.56. The maximum Gasteiger partial charge on any atom is 0.179 e. The summed E-state index contributed by atoms with van der Waals surface area (Å²) in [6.45, 7) is 2.90. The Morgan fingerprint density at radius 1 is 1.31 bits per heavy atom. The zero-order chi connectivity index (χ0) is 18.8. The Hall–Kier alpha value is -1.79. The van der Waals surface area contributed by atoms with E-state index in [0.29, 0.717) is 28.1 Å².